The Hall–Kier alpha value is -1.06. The van der Waals surface area contributed by atoms with Gasteiger partial charge in [0.2, 0.25) is 0 Å². The smallest absolute Gasteiger partial charge is 0.119 e. The van der Waals surface area contributed by atoms with Crippen LogP contribution in [-0.2, 0) is 0 Å². The fourth-order valence-electron chi connectivity index (χ4n) is 1.14. The first kappa shape index (κ1) is 11.0. The zero-order valence-electron chi connectivity index (χ0n) is 8.44. The molecule has 3 nitrogen and oxygen atoms in total. The zero-order valence-corrected chi connectivity index (χ0v) is 8.44. The molecule has 1 atom stereocenters. The lowest BCUT2D eigenvalue weighted by Crippen LogP contribution is -2.11. The Bertz CT molecular complexity index is 258. The van der Waals surface area contributed by atoms with Crippen LogP contribution >= 0.6 is 0 Å². The van der Waals surface area contributed by atoms with E-state index < -0.39 is 6.10 Å². The fraction of sp³-hybridized carbons (Fsp3) is 0.455. The molecule has 0 aliphatic carbocycles. The number of rotatable bonds is 5. The molecule has 0 unspecified atom stereocenters. The van der Waals surface area contributed by atoms with Crippen molar-refractivity contribution in [1.82, 2.24) is 0 Å². The Morgan fingerprint density at radius 3 is 2.50 bits per heavy atom. The first-order chi connectivity index (χ1) is 6.77. The van der Waals surface area contributed by atoms with Gasteiger partial charge in [-0.2, -0.15) is 0 Å². The van der Waals surface area contributed by atoms with E-state index in [0.29, 0.717) is 0 Å². The SMILES string of the molecule is CCCOc1ccc([C@H](O)CN)cc1. The highest BCUT2D eigenvalue weighted by atomic mass is 16.5. The minimum absolute atomic E-state index is 0.245. The van der Waals surface area contributed by atoms with Crippen molar-refractivity contribution in [3.05, 3.63) is 29.8 Å². The first-order valence-electron chi connectivity index (χ1n) is 4.88. The second kappa shape index (κ2) is 5.62. The van der Waals surface area contributed by atoms with Gasteiger partial charge in [-0.15, -0.1) is 0 Å². The normalized spacial score (nSPS) is 12.5. The van der Waals surface area contributed by atoms with E-state index in [1.165, 1.54) is 0 Å². The average molecular weight is 195 g/mol. The molecule has 0 heterocycles. The van der Waals surface area contributed by atoms with Crippen LogP contribution in [0, 0.1) is 0 Å². The topological polar surface area (TPSA) is 55.5 Å². The molecule has 1 rings (SSSR count). The van der Waals surface area contributed by atoms with Crippen molar-refractivity contribution < 1.29 is 9.84 Å². The van der Waals surface area contributed by atoms with Crippen molar-refractivity contribution in [1.29, 1.82) is 0 Å². The maximum Gasteiger partial charge on any atom is 0.119 e. The average Bonchev–Trinajstić information content (AvgIpc) is 2.26. The summed E-state index contributed by atoms with van der Waals surface area (Å²) in [6.07, 6.45) is 0.419. The fourth-order valence-corrected chi connectivity index (χ4v) is 1.14. The van der Waals surface area contributed by atoms with E-state index in [2.05, 4.69) is 6.92 Å². The lowest BCUT2D eigenvalue weighted by atomic mass is 10.1. The molecule has 0 saturated carbocycles. The van der Waals surface area contributed by atoms with Crippen molar-refractivity contribution >= 4 is 0 Å². The van der Waals surface area contributed by atoms with Crippen LogP contribution in [0.2, 0.25) is 0 Å². The summed E-state index contributed by atoms with van der Waals surface area (Å²) >= 11 is 0. The van der Waals surface area contributed by atoms with E-state index in [9.17, 15) is 5.11 Å². The van der Waals surface area contributed by atoms with Crippen molar-refractivity contribution in [2.75, 3.05) is 13.2 Å². The summed E-state index contributed by atoms with van der Waals surface area (Å²) in [6, 6.07) is 7.37. The van der Waals surface area contributed by atoms with Crippen molar-refractivity contribution in [2.24, 2.45) is 5.73 Å². The highest BCUT2D eigenvalue weighted by Crippen LogP contribution is 2.17. The van der Waals surface area contributed by atoms with E-state index in [4.69, 9.17) is 10.5 Å². The van der Waals surface area contributed by atoms with Crippen LogP contribution in [-0.4, -0.2) is 18.3 Å². The molecule has 3 N–H and O–H groups in total. The molecule has 0 bridgehead atoms. The van der Waals surface area contributed by atoms with Crippen molar-refractivity contribution in [3.63, 3.8) is 0 Å². The molecular weight excluding hydrogens is 178 g/mol. The third kappa shape index (κ3) is 3.01. The number of nitrogens with two attached hydrogens (primary N) is 1. The molecule has 1 aromatic rings. The van der Waals surface area contributed by atoms with Gasteiger partial charge in [-0.25, -0.2) is 0 Å². The zero-order chi connectivity index (χ0) is 10.4. The van der Waals surface area contributed by atoms with E-state index in [0.717, 1.165) is 24.3 Å². The van der Waals surface area contributed by atoms with Gasteiger partial charge in [-0.1, -0.05) is 19.1 Å². The molecule has 0 aliphatic heterocycles. The van der Waals surface area contributed by atoms with Gasteiger partial charge in [-0.05, 0) is 24.1 Å². The molecule has 0 spiro atoms. The maximum atomic E-state index is 9.43. The van der Waals surface area contributed by atoms with Gasteiger partial charge in [-0.3, -0.25) is 0 Å². The molecular formula is C11H17NO2. The minimum atomic E-state index is -0.574. The van der Waals surface area contributed by atoms with Crippen LogP contribution in [0.3, 0.4) is 0 Å². The van der Waals surface area contributed by atoms with Crippen LogP contribution in [0.1, 0.15) is 25.0 Å². The predicted octanol–water partition coefficient (Wildman–Crippen LogP) is 1.47. The number of aliphatic hydroxyl groups is 1. The van der Waals surface area contributed by atoms with Gasteiger partial charge in [0.1, 0.15) is 5.75 Å². The second-order valence-corrected chi connectivity index (χ2v) is 3.17. The van der Waals surface area contributed by atoms with Crippen LogP contribution in [0.25, 0.3) is 0 Å². The molecule has 0 amide bonds. The Morgan fingerprint density at radius 2 is 2.00 bits per heavy atom. The molecule has 0 aliphatic rings. The summed E-state index contributed by atoms with van der Waals surface area (Å²) in [4.78, 5) is 0. The quantitative estimate of drug-likeness (QED) is 0.748. The number of hydrogen-bond acceptors (Lipinski definition) is 3. The monoisotopic (exact) mass is 195 g/mol. The molecule has 0 radical (unpaired) electrons. The Balaban J connectivity index is 2.59. The summed E-state index contributed by atoms with van der Waals surface area (Å²) in [6.45, 7) is 3.03. The molecule has 3 heteroatoms. The second-order valence-electron chi connectivity index (χ2n) is 3.17. The van der Waals surface area contributed by atoms with Crippen LogP contribution in [0.4, 0.5) is 0 Å². The van der Waals surface area contributed by atoms with Gasteiger partial charge < -0.3 is 15.6 Å². The van der Waals surface area contributed by atoms with Gasteiger partial charge in [0.05, 0.1) is 12.7 Å². The third-order valence-electron chi connectivity index (χ3n) is 1.96. The Labute approximate surface area is 84.5 Å². The number of ether oxygens (including phenoxy) is 1. The van der Waals surface area contributed by atoms with Crippen LogP contribution in [0.5, 0.6) is 5.75 Å². The lowest BCUT2D eigenvalue weighted by Gasteiger charge is -2.09. The third-order valence-corrected chi connectivity index (χ3v) is 1.96. The Morgan fingerprint density at radius 1 is 1.36 bits per heavy atom. The van der Waals surface area contributed by atoms with E-state index >= 15 is 0 Å². The standard InChI is InChI=1S/C11H17NO2/c1-2-7-14-10-5-3-9(4-6-10)11(13)8-12/h3-6,11,13H,2,7-8,12H2,1H3/t11-/m1/s1. The number of hydrogen-bond donors (Lipinski definition) is 2. The van der Waals surface area contributed by atoms with E-state index in [1.54, 1.807) is 0 Å². The molecule has 1 aromatic carbocycles. The largest absolute Gasteiger partial charge is 0.494 e. The van der Waals surface area contributed by atoms with Gasteiger partial charge >= 0.3 is 0 Å². The predicted molar refractivity (Wildman–Crippen MR) is 56.2 cm³/mol. The maximum absolute atomic E-state index is 9.43. The molecule has 78 valence electrons. The highest BCUT2D eigenvalue weighted by Gasteiger charge is 2.04. The number of aliphatic hydroxyl groups excluding tert-OH is 1. The van der Waals surface area contributed by atoms with Gasteiger partial charge in [0.15, 0.2) is 0 Å². The van der Waals surface area contributed by atoms with E-state index in [1.807, 2.05) is 24.3 Å². The highest BCUT2D eigenvalue weighted by molar-refractivity contribution is 5.28. The summed E-state index contributed by atoms with van der Waals surface area (Å²) in [5.41, 5.74) is 6.17. The number of benzene rings is 1. The van der Waals surface area contributed by atoms with Gasteiger partial charge in [0.25, 0.3) is 0 Å². The van der Waals surface area contributed by atoms with E-state index in [-0.39, 0.29) is 6.54 Å². The Kier molecular flexibility index (Phi) is 4.43. The summed E-state index contributed by atoms with van der Waals surface area (Å²) in [7, 11) is 0. The summed E-state index contributed by atoms with van der Waals surface area (Å²) < 4.78 is 5.41. The van der Waals surface area contributed by atoms with Crippen LogP contribution < -0.4 is 10.5 Å². The molecule has 0 saturated heterocycles. The molecule has 0 fully saturated rings. The van der Waals surface area contributed by atoms with Crippen molar-refractivity contribution in [2.45, 2.75) is 19.4 Å². The lowest BCUT2D eigenvalue weighted by molar-refractivity contribution is 0.186. The minimum Gasteiger partial charge on any atom is -0.494 e. The first-order valence-corrected chi connectivity index (χ1v) is 4.88. The van der Waals surface area contributed by atoms with Crippen molar-refractivity contribution in [3.8, 4) is 5.75 Å². The molecule has 0 aromatic heterocycles. The van der Waals surface area contributed by atoms with Crippen LogP contribution in [0.15, 0.2) is 24.3 Å². The summed E-state index contributed by atoms with van der Waals surface area (Å²) in [5.74, 6) is 0.833. The van der Waals surface area contributed by atoms with Gasteiger partial charge in [0, 0.05) is 6.54 Å². The molecule has 14 heavy (non-hydrogen) atoms. The summed E-state index contributed by atoms with van der Waals surface area (Å²) in [5, 5.41) is 9.43.